The number of hydrogen-bond acceptors (Lipinski definition) is 7. The van der Waals surface area contributed by atoms with Crippen molar-refractivity contribution in [3.63, 3.8) is 0 Å². The fourth-order valence-electron chi connectivity index (χ4n) is 5.67. The Labute approximate surface area is 348 Å². The Hall–Kier alpha value is -5.35. The monoisotopic (exact) mass is 844 g/mol. The molecule has 0 radical (unpaired) electrons. The van der Waals surface area contributed by atoms with Crippen LogP contribution in [0.5, 0.6) is 0 Å². The van der Waals surface area contributed by atoms with Crippen molar-refractivity contribution in [2.75, 3.05) is 16.4 Å². The van der Waals surface area contributed by atoms with Gasteiger partial charge in [0.1, 0.15) is 34.3 Å². The first-order valence-electron chi connectivity index (χ1n) is 16.8. The van der Waals surface area contributed by atoms with Crippen molar-refractivity contribution >= 4 is 103 Å². The van der Waals surface area contributed by atoms with Gasteiger partial charge in [-0.3, -0.25) is 9.59 Å². The number of furan rings is 2. The predicted molar refractivity (Wildman–Crippen MR) is 230 cm³/mol. The van der Waals surface area contributed by atoms with Gasteiger partial charge in [-0.15, -0.1) is 23.2 Å². The van der Waals surface area contributed by atoms with E-state index in [1.165, 1.54) is 0 Å². The average Bonchev–Trinajstić information content (AvgIpc) is 3.71. The van der Waals surface area contributed by atoms with Gasteiger partial charge < -0.3 is 19.9 Å². The molecule has 4 heterocycles. The van der Waals surface area contributed by atoms with Crippen molar-refractivity contribution in [3.05, 3.63) is 166 Å². The topological polar surface area (TPSA) is 124 Å². The number of anilines is 2. The molecule has 0 aliphatic heterocycles. The number of aryl methyl sites for hydroxylation is 2. The molecule has 0 bridgehead atoms. The van der Waals surface area contributed by atoms with Gasteiger partial charge in [-0.25, -0.2) is 9.97 Å². The fourth-order valence-corrected chi connectivity index (χ4v) is 6.33. The van der Waals surface area contributed by atoms with E-state index >= 15 is 0 Å². The zero-order chi connectivity index (χ0) is 40.2. The highest BCUT2D eigenvalue weighted by atomic mass is 35.5. The van der Waals surface area contributed by atoms with Gasteiger partial charge in [0.05, 0.1) is 26.5 Å². The van der Waals surface area contributed by atoms with Crippen LogP contribution in [0.2, 0.25) is 10.0 Å². The SMILES string of the molecule is Cc1oc2ccccc2c1-c1ccc(N)nc1.Cc1oc2ccccc2c1-c1ccc(NC(=O)c2ccccc2Cl)nc1.ClCCl.O=C(Cl)c1ccccc1Cl. The normalized spacial score (nSPS) is 10.3. The first kappa shape index (κ1) is 41.8. The molecule has 0 atom stereocenters. The molecule has 8 aromatic rings. The molecular formula is C43H33Cl5N4O4. The molecule has 0 aliphatic carbocycles. The Morgan fingerprint density at radius 2 is 1.07 bits per heavy atom. The molecule has 4 aromatic heterocycles. The second-order valence-electron chi connectivity index (χ2n) is 11.8. The predicted octanol–water partition coefficient (Wildman–Crippen LogP) is 13.2. The lowest BCUT2D eigenvalue weighted by Gasteiger charge is -2.07. The summed E-state index contributed by atoms with van der Waals surface area (Å²) in [5, 5.41) is 5.38. The van der Waals surface area contributed by atoms with Crippen LogP contribution in [0.3, 0.4) is 0 Å². The molecule has 0 aliphatic rings. The molecule has 0 saturated heterocycles. The van der Waals surface area contributed by atoms with E-state index in [1.54, 1.807) is 73.1 Å². The van der Waals surface area contributed by atoms with E-state index < -0.39 is 5.24 Å². The summed E-state index contributed by atoms with van der Waals surface area (Å²) in [5.41, 5.74) is 12.2. The zero-order valence-corrected chi connectivity index (χ0v) is 33.7. The van der Waals surface area contributed by atoms with Gasteiger partial charge in [-0.1, -0.05) is 83.9 Å². The summed E-state index contributed by atoms with van der Waals surface area (Å²) < 4.78 is 11.5. The molecule has 56 heavy (non-hydrogen) atoms. The number of aromatic nitrogens is 2. The largest absolute Gasteiger partial charge is 0.461 e. The maximum absolute atomic E-state index is 12.3. The van der Waals surface area contributed by atoms with Gasteiger partial charge in [0.15, 0.2) is 0 Å². The molecule has 284 valence electrons. The van der Waals surface area contributed by atoms with Crippen LogP contribution in [0.15, 0.2) is 143 Å². The van der Waals surface area contributed by atoms with E-state index in [0.717, 1.165) is 55.7 Å². The van der Waals surface area contributed by atoms with Gasteiger partial charge in [-0.05, 0) is 86.1 Å². The lowest BCUT2D eigenvalue weighted by atomic mass is 10.0. The molecule has 13 heteroatoms. The summed E-state index contributed by atoms with van der Waals surface area (Å²) in [5.74, 6) is 2.43. The molecule has 8 nitrogen and oxygen atoms in total. The number of nitrogens with two attached hydrogens (primary N) is 1. The third-order valence-electron chi connectivity index (χ3n) is 8.12. The van der Waals surface area contributed by atoms with Crippen LogP contribution in [-0.2, 0) is 0 Å². The van der Waals surface area contributed by atoms with Crippen molar-refractivity contribution in [1.82, 2.24) is 9.97 Å². The summed E-state index contributed by atoms with van der Waals surface area (Å²) in [4.78, 5) is 31.4. The number of halogens is 5. The number of nitrogen functional groups attached to an aromatic ring is 1. The van der Waals surface area contributed by atoms with Crippen LogP contribution < -0.4 is 11.1 Å². The quantitative estimate of drug-likeness (QED) is 0.131. The number of benzene rings is 4. The number of nitrogens with zero attached hydrogens (tertiary/aromatic N) is 2. The van der Waals surface area contributed by atoms with Crippen molar-refractivity contribution in [3.8, 4) is 22.3 Å². The minimum Gasteiger partial charge on any atom is -0.461 e. The Kier molecular flexibility index (Phi) is 14.9. The summed E-state index contributed by atoms with van der Waals surface area (Å²) in [7, 11) is 0. The summed E-state index contributed by atoms with van der Waals surface area (Å²) >= 11 is 26.4. The van der Waals surface area contributed by atoms with Crippen LogP contribution >= 0.6 is 58.0 Å². The third-order valence-corrected chi connectivity index (χ3v) is 8.98. The maximum atomic E-state index is 12.3. The van der Waals surface area contributed by atoms with Gasteiger partial charge in [-0.2, -0.15) is 0 Å². The number of nitrogens with one attached hydrogen (secondary N) is 1. The van der Waals surface area contributed by atoms with E-state index in [1.807, 2.05) is 68.4 Å². The van der Waals surface area contributed by atoms with Crippen LogP contribution in [0.4, 0.5) is 11.6 Å². The van der Waals surface area contributed by atoms with Crippen LogP contribution in [0, 0.1) is 13.8 Å². The smallest absolute Gasteiger partial charge is 0.258 e. The third kappa shape index (κ3) is 10.5. The molecule has 0 fully saturated rings. The second kappa shape index (κ2) is 20.0. The van der Waals surface area contributed by atoms with Crippen molar-refractivity contribution in [2.45, 2.75) is 13.8 Å². The second-order valence-corrected chi connectivity index (χ2v) is 13.7. The highest BCUT2D eigenvalue weighted by Crippen LogP contribution is 2.35. The van der Waals surface area contributed by atoms with Gasteiger partial charge in [0.2, 0.25) is 0 Å². The number of alkyl halides is 2. The number of fused-ring (bicyclic) bond motifs is 2. The number of carbonyl (C=O) groups is 2. The summed E-state index contributed by atoms with van der Waals surface area (Å²) in [6.45, 7) is 3.90. The summed E-state index contributed by atoms with van der Waals surface area (Å²) in [6, 6.07) is 36.9. The van der Waals surface area contributed by atoms with Gasteiger partial charge in [0, 0.05) is 45.4 Å². The molecule has 8 rings (SSSR count). The number of pyridine rings is 2. The molecule has 3 N–H and O–H groups in total. The van der Waals surface area contributed by atoms with Crippen LogP contribution in [-0.4, -0.2) is 26.5 Å². The number of hydrogen-bond donors (Lipinski definition) is 2. The Balaban J connectivity index is 0.000000171. The van der Waals surface area contributed by atoms with Crippen molar-refractivity contribution < 1.29 is 18.4 Å². The molecule has 0 spiro atoms. The maximum Gasteiger partial charge on any atom is 0.258 e. The molecule has 1 amide bonds. The van der Waals surface area contributed by atoms with Gasteiger partial charge in [0.25, 0.3) is 11.1 Å². The number of para-hydroxylation sites is 2. The van der Waals surface area contributed by atoms with Crippen molar-refractivity contribution in [2.24, 2.45) is 0 Å². The minimum atomic E-state index is -0.523. The average molecular weight is 847 g/mol. The Morgan fingerprint density at radius 1 is 0.625 bits per heavy atom. The number of amides is 1. The summed E-state index contributed by atoms with van der Waals surface area (Å²) in [6.07, 6.45) is 3.51. The van der Waals surface area contributed by atoms with Crippen molar-refractivity contribution in [1.29, 1.82) is 0 Å². The number of carbonyl (C=O) groups excluding carboxylic acids is 2. The molecule has 0 saturated carbocycles. The van der Waals surface area contributed by atoms with Gasteiger partial charge >= 0.3 is 0 Å². The van der Waals surface area contributed by atoms with Crippen LogP contribution in [0.1, 0.15) is 32.2 Å². The van der Waals surface area contributed by atoms with E-state index in [9.17, 15) is 9.59 Å². The van der Waals surface area contributed by atoms with E-state index in [4.69, 9.17) is 72.6 Å². The van der Waals surface area contributed by atoms with E-state index in [-0.39, 0.29) is 11.2 Å². The Bertz CT molecular complexity index is 2570. The lowest BCUT2D eigenvalue weighted by Crippen LogP contribution is -2.13. The molecular weight excluding hydrogens is 814 g/mol. The molecule has 4 aromatic carbocycles. The van der Waals surface area contributed by atoms with Crippen LogP contribution in [0.25, 0.3) is 44.2 Å². The zero-order valence-electron chi connectivity index (χ0n) is 29.9. The van der Waals surface area contributed by atoms with E-state index in [0.29, 0.717) is 32.8 Å². The highest BCUT2D eigenvalue weighted by molar-refractivity contribution is 6.68. The highest BCUT2D eigenvalue weighted by Gasteiger charge is 2.15. The number of rotatable bonds is 5. The standard InChI is InChI=1S/C21H15ClN2O2.C14H12N2O.C7H4Cl2O.CH2Cl2/c1-13-20(16-7-3-5-9-18(16)26-13)14-10-11-19(23-12-14)24-21(25)15-6-2-4-8-17(15)22;1-9-14(10-6-7-13(15)16-8-10)11-4-2-3-5-12(11)17-9;8-6-4-2-1-3-5(6)7(9)10;2-1-3/h2-12H,1H3,(H,23,24,25);2-8H,1H3,(H2,15,16);1-4H;1H2. The minimum absolute atomic E-state index is 0.194. The fraction of sp³-hybridized carbons (Fsp3) is 0.0698. The first-order valence-corrected chi connectivity index (χ1v) is 19.0. The van der Waals surface area contributed by atoms with E-state index in [2.05, 4.69) is 21.4 Å². The first-order chi connectivity index (χ1) is 27.0. The molecule has 0 unspecified atom stereocenters. The Morgan fingerprint density at radius 3 is 1.50 bits per heavy atom. The lowest BCUT2D eigenvalue weighted by molar-refractivity contribution is 0.102.